The average Bonchev–Trinajstić information content (AvgIpc) is 2.57. The summed E-state index contributed by atoms with van der Waals surface area (Å²) >= 11 is 0. The summed E-state index contributed by atoms with van der Waals surface area (Å²) < 4.78 is 27.0. The molecule has 134 valence electrons. The van der Waals surface area contributed by atoms with E-state index in [1.807, 2.05) is 19.1 Å². The van der Waals surface area contributed by atoms with E-state index in [-0.39, 0.29) is 10.8 Å². The van der Waals surface area contributed by atoms with E-state index in [0.29, 0.717) is 29.9 Å². The number of anilines is 1. The number of aryl methyl sites for hydroxylation is 2. The Bertz CT molecular complexity index is 872. The van der Waals surface area contributed by atoms with E-state index in [0.717, 1.165) is 5.56 Å². The van der Waals surface area contributed by atoms with Crippen molar-refractivity contribution in [2.45, 2.75) is 32.6 Å². The molecule has 1 N–H and O–H groups in total. The minimum Gasteiger partial charge on any atom is -0.322 e. The van der Waals surface area contributed by atoms with Gasteiger partial charge in [-0.1, -0.05) is 37.6 Å². The molecule has 0 aliphatic rings. The highest BCUT2D eigenvalue weighted by Crippen LogP contribution is 2.24. The first-order valence-corrected chi connectivity index (χ1v) is 9.72. The number of nitrogens with one attached hydrogen (secondary N) is 1. The summed E-state index contributed by atoms with van der Waals surface area (Å²) in [6, 6.07) is 12.2. The van der Waals surface area contributed by atoms with Gasteiger partial charge in [-0.05, 0) is 43.7 Å². The molecule has 2 aromatic carbocycles. The first-order valence-electron chi connectivity index (χ1n) is 8.28. The Hall–Kier alpha value is -2.18. The van der Waals surface area contributed by atoms with Crippen molar-refractivity contribution in [1.29, 1.82) is 0 Å². The molecule has 6 heteroatoms. The molecular weight excluding hydrogens is 336 g/mol. The van der Waals surface area contributed by atoms with Gasteiger partial charge in [-0.15, -0.1) is 0 Å². The number of nitrogens with zero attached hydrogens (tertiary/aromatic N) is 1. The Kier molecular flexibility index (Phi) is 5.98. The van der Waals surface area contributed by atoms with Crippen LogP contribution in [-0.4, -0.2) is 31.7 Å². The molecule has 2 aromatic rings. The van der Waals surface area contributed by atoms with Crippen LogP contribution in [0, 0.1) is 13.8 Å². The van der Waals surface area contributed by atoms with Gasteiger partial charge in [0.2, 0.25) is 10.0 Å². The Balaban J connectivity index is 2.34. The maximum atomic E-state index is 12.8. The SMILES string of the molecule is CCN(CC)S(=O)(=O)c1cc(NC(=O)c2cccc(C)c2)ccc1C. The molecule has 5 nitrogen and oxygen atoms in total. The van der Waals surface area contributed by atoms with E-state index in [1.54, 1.807) is 45.0 Å². The number of carbonyl (C=O) groups is 1. The summed E-state index contributed by atoms with van der Waals surface area (Å²) in [5.41, 5.74) is 2.64. The number of benzene rings is 2. The summed E-state index contributed by atoms with van der Waals surface area (Å²) in [5, 5.41) is 2.78. The molecule has 2 rings (SSSR count). The Morgan fingerprint density at radius 3 is 2.32 bits per heavy atom. The van der Waals surface area contributed by atoms with Gasteiger partial charge in [0.15, 0.2) is 0 Å². The van der Waals surface area contributed by atoms with Gasteiger partial charge in [-0.25, -0.2) is 8.42 Å². The summed E-state index contributed by atoms with van der Waals surface area (Å²) in [6.07, 6.45) is 0. The molecular formula is C19H24N2O3S. The third-order valence-corrected chi connectivity index (χ3v) is 6.24. The van der Waals surface area contributed by atoms with Crippen molar-refractivity contribution >= 4 is 21.6 Å². The Morgan fingerprint density at radius 2 is 1.72 bits per heavy atom. The van der Waals surface area contributed by atoms with Crippen molar-refractivity contribution in [1.82, 2.24) is 4.31 Å². The van der Waals surface area contributed by atoms with Gasteiger partial charge in [-0.3, -0.25) is 4.79 Å². The van der Waals surface area contributed by atoms with Crippen LogP contribution < -0.4 is 5.32 Å². The zero-order valence-corrected chi connectivity index (χ0v) is 15.9. The lowest BCUT2D eigenvalue weighted by atomic mass is 10.1. The van der Waals surface area contributed by atoms with E-state index in [4.69, 9.17) is 0 Å². The zero-order valence-electron chi connectivity index (χ0n) is 15.0. The number of amides is 1. The third kappa shape index (κ3) is 4.27. The predicted molar refractivity (Wildman–Crippen MR) is 100 cm³/mol. The number of rotatable bonds is 6. The fourth-order valence-electron chi connectivity index (χ4n) is 2.65. The van der Waals surface area contributed by atoms with Crippen molar-refractivity contribution in [2.24, 2.45) is 0 Å². The van der Waals surface area contributed by atoms with Gasteiger partial charge in [-0.2, -0.15) is 4.31 Å². The Labute approximate surface area is 149 Å². The van der Waals surface area contributed by atoms with Crippen LogP contribution in [0.5, 0.6) is 0 Å². The van der Waals surface area contributed by atoms with Gasteiger partial charge in [0, 0.05) is 24.3 Å². The highest BCUT2D eigenvalue weighted by atomic mass is 32.2. The second kappa shape index (κ2) is 7.80. The number of carbonyl (C=O) groups excluding carboxylic acids is 1. The van der Waals surface area contributed by atoms with Gasteiger partial charge in [0.25, 0.3) is 5.91 Å². The van der Waals surface area contributed by atoms with Crippen molar-refractivity contribution in [3.63, 3.8) is 0 Å². The van der Waals surface area contributed by atoms with Crippen molar-refractivity contribution in [3.8, 4) is 0 Å². The second-order valence-corrected chi connectivity index (χ2v) is 7.80. The summed E-state index contributed by atoms with van der Waals surface area (Å²) in [5.74, 6) is -0.265. The van der Waals surface area contributed by atoms with E-state index in [2.05, 4.69) is 5.32 Å². The zero-order chi connectivity index (χ0) is 18.6. The molecule has 0 aromatic heterocycles. The maximum absolute atomic E-state index is 12.8. The molecule has 0 atom stereocenters. The lowest BCUT2D eigenvalue weighted by Gasteiger charge is -2.20. The second-order valence-electron chi connectivity index (χ2n) is 5.89. The van der Waals surface area contributed by atoms with Gasteiger partial charge in [0.1, 0.15) is 0 Å². The monoisotopic (exact) mass is 360 g/mol. The minimum absolute atomic E-state index is 0.221. The molecule has 0 spiro atoms. The standard InChI is InChI=1S/C19H24N2O3S/c1-5-21(6-2)25(23,24)18-13-17(11-10-15(18)4)20-19(22)16-9-7-8-14(3)12-16/h7-13H,5-6H2,1-4H3,(H,20,22). The lowest BCUT2D eigenvalue weighted by Crippen LogP contribution is -2.31. The van der Waals surface area contributed by atoms with Gasteiger partial charge in [0.05, 0.1) is 4.90 Å². The summed E-state index contributed by atoms with van der Waals surface area (Å²) in [6.45, 7) is 8.08. The highest BCUT2D eigenvalue weighted by Gasteiger charge is 2.24. The minimum atomic E-state index is -3.58. The van der Waals surface area contributed by atoms with Gasteiger partial charge >= 0.3 is 0 Å². The predicted octanol–water partition coefficient (Wildman–Crippen LogP) is 3.59. The van der Waals surface area contributed by atoms with E-state index in [9.17, 15) is 13.2 Å². The molecule has 25 heavy (non-hydrogen) atoms. The van der Waals surface area contributed by atoms with Crippen LogP contribution in [0.3, 0.4) is 0 Å². The largest absolute Gasteiger partial charge is 0.322 e. The fraction of sp³-hybridized carbons (Fsp3) is 0.316. The normalized spacial score (nSPS) is 11.6. The van der Waals surface area contributed by atoms with Crippen LogP contribution >= 0.6 is 0 Å². The number of sulfonamides is 1. The average molecular weight is 360 g/mol. The Morgan fingerprint density at radius 1 is 1.04 bits per heavy atom. The first kappa shape index (κ1) is 19.1. The lowest BCUT2D eigenvalue weighted by molar-refractivity contribution is 0.102. The molecule has 0 fully saturated rings. The summed E-state index contributed by atoms with van der Waals surface area (Å²) in [7, 11) is -3.58. The first-order chi connectivity index (χ1) is 11.8. The van der Waals surface area contributed by atoms with Crippen LogP contribution in [0.1, 0.15) is 35.3 Å². The molecule has 0 heterocycles. The fourth-order valence-corrected chi connectivity index (χ4v) is 4.36. The summed E-state index contributed by atoms with van der Waals surface area (Å²) in [4.78, 5) is 12.6. The van der Waals surface area contributed by atoms with Crippen molar-refractivity contribution < 1.29 is 13.2 Å². The third-order valence-electron chi connectivity index (χ3n) is 4.05. The van der Waals surface area contributed by atoms with Gasteiger partial charge < -0.3 is 5.32 Å². The van der Waals surface area contributed by atoms with Crippen molar-refractivity contribution in [3.05, 3.63) is 59.2 Å². The molecule has 0 saturated heterocycles. The van der Waals surface area contributed by atoms with Crippen LogP contribution in [0.4, 0.5) is 5.69 Å². The molecule has 0 aliphatic carbocycles. The van der Waals surface area contributed by atoms with Crippen LogP contribution in [0.25, 0.3) is 0 Å². The molecule has 0 unspecified atom stereocenters. The number of hydrogen-bond donors (Lipinski definition) is 1. The van der Waals surface area contributed by atoms with Crippen molar-refractivity contribution in [2.75, 3.05) is 18.4 Å². The number of hydrogen-bond acceptors (Lipinski definition) is 3. The maximum Gasteiger partial charge on any atom is 0.255 e. The van der Waals surface area contributed by atoms with Crippen LogP contribution in [-0.2, 0) is 10.0 Å². The highest BCUT2D eigenvalue weighted by molar-refractivity contribution is 7.89. The van der Waals surface area contributed by atoms with Crippen LogP contribution in [0.2, 0.25) is 0 Å². The molecule has 0 saturated carbocycles. The topological polar surface area (TPSA) is 66.5 Å². The smallest absolute Gasteiger partial charge is 0.255 e. The molecule has 0 aliphatic heterocycles. The quantitative estimate of drug-likeness (QED) is 0.856. The molecule has 0 bridgehead atoms. The molecule has 0 radical (unpaired) electrons. The molecule has 1 amide bonds. The van der Waals surface area contributed by atoms with E-state index in [1.165, 1.54) is 10.4 Å². The van der Waals surface area contributed by atoms with E-state index < -0.39 is 10.0 Å². The van der Waals surface area contributed by atoms with Crippen LogP contribution in [0.15, 0.2) is 47.4 Å². The van der Waals surface area contributed by atoms with E-state index >= 15 is 0 Å².